The molecule has 0 atom stereocenters. The molecular weight excluding hydrogens is 171 g/mol. The Kier molecular flexibility index (Phi) is 3.40. The predicted octanol–water partition coefficient (Wildman–Crippen LogP) is 1.39. The van der Waals surface area contributed by atoms with Gasteiger partial charge in [0.2, 0.25) is 0 Å². The number of carboxylic acids is 1. The molecule has 4 heteroatoms. The number of carbonyl (C=O) groups is 1. The van der Waals surface area contributed by atoms with E-state index in [-0.39, 0.29) is 18.0 Å². The average Bonchev–Trinajstić information content (AvgIpc) is 1.88. The molecule has 0 aromatic heterocycles. The number of nitrogens with two attached hydrogens (primary N) is 1. The maximum absolute atomic E-state index is 10.3. The molecule has 0 fully saturated rings. The molecule has 0 heterocycles. The van der Waals surface area contributed by atoms with E-state index in [4.69, 9.17) is 10.8 Å². The fraction of sp³-hybridized carbons (Fsp3) is 0. The van der Waals surface area contributed by atoms with Gasteiger partial charge in [-0.1, -0.05) is 12.1 Å². The van der Waals surface area contributed by atoms with Gasteiger partial charge in [0.25, 0.3) is 0 Å². The Balaban J connectivity index is 0.000001000. The van der Waals surface area contributed by atoms with Crippen molar-refractivity contribution in [2.24, 2.45) is 0 Å². The average molecular weight is 180 g/mol. The maximum Gasteiger partial charge on any atom is 0.337 e. The molecule has 0 bridgehead atoms. The first kappa shape index (κ1) is 9.78. The summed E-state index contributed by atoms with van der Waals surface area (Å²) in [6, 6.07) is 6.36. The molecule has 0 amide bonds. The summed E-state index contributed by atoms with van der Waals surface area (Å²) in [5.41, 5.74) is 5.80. The molecule has 1 rings (SSSR count). The summed E-state index contributed by atoms with van der Waals surface area (Å²) >= 11 is 0. The minimum Gasteiger partial charge on any atom is -0.478 e. The third kappa shape index (κ3) is 2.13. The highest BCUT2D eigenvalue weighted by molar-refractivity contribution is 5.93. The van der Waals surface area contributed by atoms with E-state index in [0.29, 0.717) is 5.69 Å². The summed E-state index contributed by atoms with van der Waals surface area (Å²) in [5, 5.41) is 8.49. The third-order valence-electron chi connectivity index (χ3n) is 1.19. The smallest absolute Gasteiger partial charge is 0.337 e. The first-order valence-corrected chi connectivity index (χ1v) is 2.79. The third-order valence-corrected chi connectivity index (χ3v) is 1.19. The highest BCUT2D eigenvalue weighted by Gasteiger charge is 2.03. The Bertz CT molecular complexity index is 262. The standard InChI is InChI=1S/C7H7NO2.ClH/c8-6-4-2-1-3-5(6)7(9)10;/h1-4H,8H2,(H,9,10);1H/i1+1,2+1,3+1,4+1,5+1,6+1;. The van der Waals surface area contributed by atoms with E-state index >= 15 is 0 Å². The zero-order chi connectivity index (χ0) is 7.56. The summed E-state index contributed by atoms with van der Waals surface area (Å²) in [7, 11) is 0. The van der Waals surface area contributed by atoms with E-state index < -0.39 is 5.97 Å². The maximum atomic E-state index is 10.3. The van der Waals surface area contributed by atoms with Gasteiger partial charge in [0, 0.05) is 5.69 Å². The van der Waals surface area contributed by atoms with Gasteiger partial charge in [-0.2, -0.15) is 0 Å². The predicted molar refractivity (Wildman–Crippen MR) is 45.1 cm³/mol. The van der Waals surface area contributed by atoms with Crippen molar-refractivity contribution in [1.82, 2.24) is 0 Å². The van der Waals surface area contributed by atoms with E-state index in [0.717, 1.165) is 0 Å². The zero-order valence-electron chi connectivity index (χ0n) is 5.65. The Hall–Kier alpha value is -1.22. The number of aromatic carboxylic acids is 1. The van der Waals surface area contributed by atoms with Crippen LogP contribution in [-0.2, 0) is 0 Å². The highest BCUT2D eigenvalue weighted by Crippen LogP contribution is 2.08. The first-order chi connectivity index (χ1) is 4.72. The molecule has 0 saturated heterocycles. The lowest BCUT2D eigenvalue weighted by atomic mass is 10.9. The van der Waals surface area contributed by atoms with Crippen LogP contribution in [0, 0.1) is 0 Å². The minimum atomic E-state index is -0.988. The SMILES string of the molecule is Cl.N[13c]1[13cH][13cH][13cH][13cH][13c]1C(=O)O. The van der Waals surface area contributed by atoms with Crippen molar-refractivity contribution in [3.05, 3.63) is 29.8 Å². The van der Waals surface area contributed by atoms with Crippen LogP contribution in [0.4, 0.5) is 5.69 Å². The van der Waals surface area contributed by atoms with Crippen LogP contribution in [-0.4, -0.2) is 11.1 Å². The van der Waals surface area contributed by atoms with Crippen LogP contribution in [0.5, 0.6) is 0 Å². The molecular formula is C7H8ClNO2. The number of carboxylic acid groups (broad SMARTS) is 1. The number of rotatable bonds is 1. The lowest BCUT2D eigenvalue weighted by molar-refractivity contribution is 0.0698. The van der Waals surface area contributed by atoms with Gasteiger partial charge in [-0.05, 0) is 12.1 Å². The molecule has 0 spiro atoms. The summed E-state index contributed by atoms with van der Waals surface area (Å²) in [4.78, 5) is 10.3. The highest BCUT2D eigenvalue weighted by atomic mass is 35.5. The van der Waals surface area contributed by atoms with Crippen LogP contribution in [0.1, 0.15) is 10.4 Å². The largest absolute Gasteiger partial charge is 0.478 e. The number of halogens is 1. The monoisotopic (exact) mass is 179 g/mol. The van der Waals surface area contributed by atoms with Crippen LogP contribution in [0.2, 0.25) is 0 Å². The van der Waals surface area contributed by atoms with E-state index in [1.165, 1.54) is 6.07 Å². The van der Waals surface area contributed by atoms with Gasteiger partial charge in [0.05, 0.1) is 5.56 Å². The van der Waals surface area contributed by atoms with Crippen molar-refractivity contribution in [3.63, 3.8) is 0 Å². The zero-order valence-corrected chi connectivity index (χ0v) is 6.47. The van der Waals surface area contributed by atoms with E-state index in [1.54, 1.807) is 18.2 Å². The van der Waals surface area contributed by atoms with Gasteiger partial charge in [0.1, 0.15) is 0 Å². The molecule has 0 unspecified atom stereocenters. The Morgan fingerprint density at radius 3 is 2.27 bits per heavy atom. The van der Waals surface area contributed by atoms with E-state index in [9.17, 15) is 4.79 Å². The van der Waals surface area contributed by atoms with Crippen molar-refractivity contribution in [1.29, 1.82) is 0 Å². The van der Waals surface area contributed by atoms with Crippen molar-refractivity contribution in [2.45, 2.75) is 0 Å². The fourth-order valence-corrected chi connectivity index (χ4v) is 0.692. The number of anilines is 1. The molecule has 11 heavy (non-hydrogen) atoms. The molecule has 60 valence electrons. The van der Waals surface area contributed by atoms with Crippen molar-refractivity contribution < 1.29 is 9.90 Å². The lowest BCUT2D eigenvalue weighted by Gasteiger charge is -1.96. The van der Waals surface area contributed by atoms with Crippen LogP contribution < -0.4 is 5.73 Å². The number of hydrogen-bond acceptors (Lipinski definition) is 2. The quantitative estimate of drug-likeness (QED) is 0.641. The minimum absolute atomic E-state index is 0. The summed E-state index contributed by atoms with van der Waals surface area (Å²) in [6.07, 6.45) is 0. The number of nitrogen functional groups attached to an aromatic ring is 1. The van der Waals surface area contributed by atoms with Crippen molar-refractivity contribution >= 4 is 24.1 Å². The van der Waals surface area contributed by atoms with Gasteiger partial charge < -0.3 is 10.8 Å². The molecule has 0 aliphatic rings. The Morgan fingerprint density at radius 2 is 1.91 bits per heavy atom. The molecule has 3 N–H and O–H groups in total. The van der Waals surface area contributed by atoms with Crippen molar-refractivity contribution in [3.8, 4) is 0 Å². The van der Waals surface area contributed by atoms with Gasteiger partial charge in [0.15, 0.2) is 0 Å². The Morgan fingerprint density at radius 1 is 1.36 bits per heavy atom. The van der Waals surface area contributed by atoms with Crippen LogP contribution in [0.25, 0.3) is 0 Å². The lowest BCUT2D eigenvalue weighted by Crippen LogP contribution is -2.00. The van der Waals surface area contributed by atoms with Gasteiger partial charge in [-0.25, -0.2) is 4.79 Å². The summed E-state index contributed by atoms with van der Waals surface area (Å²) in [5.74, 6) is -0.988. The molecule has 1 aromatic carbocycles. The second-order valence-corrected chi connectivity index (χ2v) is 1.89. The topological polar surface area (TPSA) is 63.3 Å². The summed E-state index contributed by atoms with van der Waals surface area (Å²) < 4.78 is 0. The fourth-order valence-electron chi connectivity index (χ4n) is 0.692. The van der Waals surface area contributed by atoms with E-state index in [2.05, 4.69) is 0 Å². The van der Waals surface area contributed by atoms with Gasteiger partial charge >= 0.3 is 5.97 Å². The number of para-hydroxylation sites is 1. The molecule has 0 saturated carbocycles. The van der Waals surface area contributed by atoms with E-state index in [1.807, 2.05) is 0 Å². The number of benzene rings is 1. The van der Waals surface area contributed by atoms with Crippen molar-refractivity contribution in [2.75, 3.05) is 5.73 Å². The molecule has 0 aliphatic heterocycles. The summed E-state index contributed by atoms with van der Waals surface area (Å²) in [6.45, 7) is 0. The second-order valence-electron chi connectivity index (χ2n) is 1.89. The molecule has 1 aromatic rings. The van der Waals surface area contributed by atoms with Gasteiger partial charge in [-0.15, -0.1) is 12.4 Å². The molecule has 3 nitrogen and oxygen atoms in total. The number of hydrogen-bond donors (Lipinski definition) is 2. The molecule has 0 radical (unpaired) electrons. The normalized spacial score (nSPS) is 8.36. The Labute approximate surface area is 70.2 Å². The van der Waals surface area contributed by atoms with Crippen LogP contribution >= 0.6 is 12.4 Å². The van der Waals surface area contributed by atoms with Gasteiger partial charge in [-0.3, -0.25) is 0 Å². The van der Waals surface area contributed by atoms with Crippen LogP contribution in [0.15, 0.2) is 24.3 Å². The van der Waals surface area contributed by atoms with Crippen LogP contribution in [0.3, 0.4) is 0 Å². The molecule has 0 aliphatic carbocycles. The first-order valence-electron chi connectivity index (χ1n) is 2.79. The second kappa shape index (κ2) is 3.83.